The zero-order valence-corrected chi connectivity index (χ0v) is 14.6. The molecule has 0 radical (unpaired) electrons. The maximum absolute atomic E-state index is 11.5. The zero-order chi connectivity index (χ0) is 14.5. The number of hydrogen-bond donors (Lipinski definition) is 1. The molecule has 0 aliphatic carbocycles. The Balaban J connectivity index is 0.00000220. The number of halogens is 1. The monoisotopic (exact) mass is 370 g/mol. The Kier molecular flexibility index (Phi) is 6.84. The average Bonchev–Trinajstić information content (AvgIpc) is 2.80. The third-order valence-corrected chi connectivity index (χ3v) is 4.40. The molecule has 0 aliphatic heterocycles. The van der Waals surface area contributed by atoms with Gasteiger partial charge in [-0.2, -0.15) is 0 Å². The largest absolute Gasteiger partial charge is 0.481 e. The summed E-state index contributed by atoms with van der Waals surface area (Å²) in [6.45, 7) is 0. The summed E-state index contributed by atoms with van der Waals surface area (Å²) in [5, 5.41) is 11.4. The number of hydrogen-bond acceptors (Lipinski definition) is 3. The Bertz CT molecular complexity index is 649. The van der Waals surface area contributed by atoms with Crippen LogP contribution in [0.15, 0.2) is 40.7 Å². The van der Waals surface area contributed by atoms with Gasteiger partial charge < -0.3 is 9.67 Å². The van der Waals surface area contributed by atoms with Gasteiger partial charge in [-0.1, -0.05) is 30.3 Å². The van der Waals surface area contributed by atoms with E-state index in [1.807, 2.05) is 47.3 Å². The number of rotatable bonds is 5. The number of thiazole rings is 1. The fourth-order valence-electron chi connectivity index (χ4n) is 2.19. The predicted octanol–water partition coefficient (Wildman–Crippen LogP) is 2.68. The first-order chi connectivity index (χ1) is 9.61. The van der Waals surface area contributed by atoms with E-state index in [1.165, 1.54) is 11.3 Å². The molecule has 0 saturated carbocycles. The third kappa shape index (κ3) is 4.54. The Labute approximate surface area is 138 Å². The molecule has 2 aromatic rings. The van der Waals surface area contributed by atoms with Crippen LogP contribution < -0.4 is 4.80 Å². The van der Waals surface area contributed by atoms with E-state index in [4.69, 9.17) is 0 Å². The highest BCUT2D eigenvalue weighted by Crippen LogP contribution is 2.15. The van der Waals surface area contributed by atoms with Crippen LogP contribution in [0.1, 0.15) is 11.3 Å². The van der Waals surface area contributed by atoms with E-state index >= 15 is 0 Å². The molecule has 0 amide bonds. The van der Waals surface area contributed by atoms with Gasteiger partial charge in [-0.3, -0.25) is 9.79 Å². The first kappa shape index (κ1) is 17.7. The molecule has 0 saturated heterocycles. The Hall–Kier alpha value is -1.40. The maximum atomic E-state index is 11.5. The van der Waals surface area contributed by atoms with Crippen molar-refractivity contribution in [3.63, 3.8) is 0 Å². The van der Waals surface area contributed by atoms with Crippen molar-refractivity contribution in [1.82, 2.24) is 4.57 Å². The van der Waals surface area contributed by atoms with E-state index < -0.39 is 11.9 Å². The quantitative estimate of drug-likeness (QED) is 0.879. The lowest BCUT2D eigenvalue weighted by Crippen LogP contribution is -2.22. The number of aromatic nitrogens is 1. The van der Waals surface area contributed by atoms with E-state index in [0.29, 0.717) is 12.8 Å². The maximum Gasteiger partial charge on any atom is 0.307 e. The standard InChI is InChI=1S/C15H18N2O2S.BrH/c1-16-15-17(2)13(10-20-15)9-12(14(18)19)8-11-6-4-3-5-7-11;/h3-7,10,12H,8-9H2,1-2H3,(H,18,19);1H/t12-;/m1./s1. The van der Waals surface area contributed by atoms with Gasteiger partial charge in [0.25, 0.3) is 0 Å². The summed E-state index contributed by atoms with van der Waals surface area (Å²) in [5.41, 5.74) is 2.07. The van der Waals surface area contributed by atoms with Crippen LogP contribution in [-0.2, 0) is 24.7 Å². The van der Waals surface area contributed by atoms with E-state index in [0.717, 1.165) is 16.1 Å². The number of carboxylic acids is 1. The van der Waals surface area contributed by atoms with Crippen molar-refractivity contribution >= 4 is 34.3 Å². The second-order valence-electron chi connectivity index (χ2n) is 4.72. The van der Waals surface area contributed by atoms with Gasteiger partial charge in [-0.05, 0) is 12.0 Å². The smallest absolute Gasteiger partial charge is 0.307 e. The summed E-state index contributed by atoms with van der Waals surface area (Å²) >= 11 is 1.54. The second kappa shape index (κ2) is 8.14. The van der Waals surface area contributed by atoms with Crippen molar-refractivity contribution in [2.24, 2.45) is 18.0 Å². The van der Waals surface area contributed by atoms with Crippen LogP contribution in [0.25, 0.3) is 0 Å². The summed E-state index contributed by atoms with van der Waals surface area (Å²) in [7, 11) is 3.67. The van der Waals surface area contributed by atoms with Gasteiger partial charge in [-0.15, -0.1) is 28.3 Å². The minimum Gasteiger partial charge on any atom is -0.481 e. The van der Waals surface area contributed by atoms with Crippen LogP contribution in [-0.4, -0.2) is 22.7 Å². The number of benzene rings is 1. The highest BCUT2D eigenvalue weighted by molar-refractivity contribution is 8.93. The molecule has 0 spiro atoms. The van der Waals surface area contributed by atoms with Gasteiger partial charge in [0.2, 0.25) is 0 Å². The number of aliphatic carboxylic acids is 1. The van der Waals surface area contributed by atoms with Crippen molar-refractivity contribution in [3.8, 4) is 0 Å². The normalized spacial score (nSPS) is 12.8. The van der Waals surface area contributed by atoms with E-state index in [-0.39, 0.29) is 17.0 Å². The van der Waals surface area contributed by atoms with Crippen LogP contribution in [0.5, 0.6) is 0 Å². The third-order valence-electron chi connectivity index (χ3n) is 3.34. The molecule has 0 unspecified atom stereocenters. The molecule has 0 fully saturated rings. The molecule has 1 aromatic carbocycles. The average molecular weight is 371 g/mol. The van der Waals surface area contributed by atoms with Crippen LogP contribution in [0.2, 0.25) is 0 Å². The first-order valence-corrected chi connectivity index (χ1v) is 7.32. The van der Waals surface area contributed by atoms with Crippen LogP contribution >= 0.6 is 28.3 Å². The summed E-state index contributed by atoms with van der Waals surface area (Å²) in [5.74, 6) is -1.17. The van der Waals surface area contributed by atoms with Crippen LogP contribution in [0.4, 0.5) is 0 Å². The highest BCUT2D eigenvalue weighted by Gasteiger charge is 2.20. The molecule has 114 valence electrons. The fraction of sp³-hybridized carbons (Fsp3) is 0.333. The molecule has 1 N–H and O–H groups in total. The molecule has 1 aromatic heterocycles. The van der Waals surface area contributed by atoms with Crippen molar-refractivity contribution in [2.45, 2.75) is 12.8 Å². The van der Waals surface area contributed by atoms with Gasteiger partial charge in [0.15, 0.2) is 4.80 Å². The highest BCUT2D eigenvalue weighted by atomic mass is 79.9. The summed E-state index contributed by atoms with van der Waals surface area (Å²) < 4.78 is 1.96. The molecular weight excluding hydrogens is 352 g/mol. The second-order valence-corrected chi connectivity index (χ2v) is 5.56. The summed E-state index contributed by atoms with van der Waals surface area (Å²) in [4.78, 5) is 16.5. The summed E-state index contributed by atoms with van der Waals surface area (Å²) in [6.07, 6.45) is 1.07. The predicted molar refractivity (Wildman–Crippen MR) is 90.1 cm³/mol. The van der Waals surface area contributed by atoms with Gasteiger partial charge in [0.1, 0.15) is 0 Å². The molecule has 0 bridgehead atoms. The Morgan fingerprint density at radius 2 is 2.00 bits per heavy atom. The molecule has 2 rings (SSSR count). The topological polar surface area (TPSA) is 54.6 Å². The Morgan fingerprint density at radius 3 is 2.52 bits per heavy atom. The molecule has 1 atom stereocenters. The lowest BCUT2D eigenvalue weighted by molar-refractivity contribution is -0.141. The van der Waals surface area contributed by atoms with Crippen molar-refractivity contribution in [3.05, 3.63) is 51.8 Å². The SMILES string of the molecule is Br.CN=c1scc(C[C@@H](Cc2ccccc2)C(=O)O)n1C. The molecule has 21 heavy (non-hydrogen) atoms. The van der Waals surface area contributed by atoms with Crippen molar-refractivity contribution in [2.75, 3.05) is 7.05 Å². The Morgan fingerprint density at radius 1 is 1.33 bits per heavy atom. The lowest BCUT2D eigenvalue weighted by Gasteiger charge is -2.12. The minimum absolute atomic E-state index is 0. The van der Waals surface area contributed by atoms with Gasteiger partial charge in [0, 0.05) is 31.6 Å². The number of nitrogens with zero attached hydrogens (tertiary/aromatic N) is 2. The number of carbonyl (C=O) groups is 1. The zero-order valence-electron chi connectivity index (χ0n) is 12.0. The van der Waals surface area contributed by atoms with Gasteiger partial charge in [-0.25, -0.2) is 0 Å². The lowest BCUT2D eigenvalue weighted by atomic mass is 9.95. The first-order valence-electron chi connectivity index (χ1n) is 6.44. The van der Waals surface area contributed by atoms with E-state index in [2.05, 4.69) is 4.99 Å². The summed E-state index contributed by atoms with van der Waals surface area (Å²) in [6, 6.07) is 9.75. The van der Waals surface area contributed by atoms with Crippen LogP contribution in [0.3, 0.4) is 0 Å². The van der Waals surface area contributed by atoms with Crippen molar-refractivity contribution < 1.29 is 9.90 Å². The number of carboxylic acid groups (broad SMARTS) is 1. The van der Waals surface area contributed by atoms with E-state index in [9.17, 15) is 9.90 Å². The molecular formula is C15H19BrN2O2S. The van der Waals surface area contributed by atoms with E-state index in [1.54, 1.807) is 7.05 Å². The fourth-order valence-corrected chi connectivity index (χ4v) is 3.06. The molecule has 6 heteroatoms. The molecule has 4 nitrogen and oxygen atoms in total. The van der Waals surface area contributed by atoms with Crippen LogP contribution in [0, 0.1) is 5.92 Å². The van der Waals surface area contributed by atoms with Crippen molar-refractivity contribution in [1.29, 1.82) is 0 Å². The van der Waals surface area contributed by atoms with Gasteiger partial charge in [0.05, 0.1) is 5.92 Å². The van der Waals surface area contributed by atoms with Gasteiger partial charge >= 0.3 is 5.97 Å². The molecule has 1 heterocycles. The minimum atomic E-state index is -0.755. The molecule has 0 aliphatic rings.